The summed E-state index contributed by atoms with van der Waals surface area (Å²) in [5.41, 5.74) is 1.64. The summed E-state index contributed by atoms with van der Waals surface area (Å²) in [4.78, 5) is 12.0. The Morgan fingerprint density at radius 2 is 1.86 bits per heavy atom. The average Bonchev–Trinajstić information content (AvgIpc) is 3.22. The molecule has 1 N–H and O–H groups in total. The molecule has 3 aromatic rings. The van der Waals surface area contributed by atoms with E-state index in [2.05, 4.69) is 15.5 Å². The van der Waals surface area contributed by atoms with Gasteiger partial charge in [-0.1, -0.05) is 23.9 Å². The fourth-order valence-corrected chi connectivity index (χ4v) is 3.12. The van der Waals surface area contributed by atoms with Gasteiger partial charge in [-0.3, -0.25) is 4.79 Å². The van der Waals surface area contributed by atoms with E-state index < -0.39 is 0 Å². The number of thioether (sulfide) groups is 1. The molecular weight excluding hydrogens is 397 g/mol. The van der Waals surface area contributed by atoms with E-state index in [4.69, 9.17) is 13.9 Å². The quantitative estimate of drug-likeness (QED) is 0.534. The van der Waals surface area contributed by atoms with Crippen LogP contribution < -0.4 is 14.8 Å². The molecule has 0 aliphatic rings. The van der Waals surface area contributed by atoms with Crippen LogP contribution in [0.2, 0.25) is 0 Å². The van der Waals surface area contributed by atoms with Gasteiger partial charge in [-0.2, -0.15) is 0 Å². The molecule has 7 nitrogen and oxygen atoms in total. The summed E-state index contributed by atoms with van der Waals surface area (Å²) in [7, 11) is 3.11. The van der Waals surface area contributed by atoms with Crippen molar-refractivity contribution in [1.29, 1.82) is 0 Å². The molecule has 0 unspecified atom stereocenters. The van der Waals surface area contributed by atoms with Gasteiger partial charge in [0.1, 0.15) is 5.82 Å². The minimum absolute atomic E-state index is 0.150. The summed E-state index contributed by atoms with van der Waals surface area (Å²) in [6, 6.07) is 11.5. The van der Waals surface area contributed by atoms with Crippen LogP contribution >= 0.6 is 11.8 Å². The Morgan fingerprint density at radius 3 is 2.59 bits per heavy atom. The molecule has 0 atom stereocenters. The van der Waals surface area contributed by atoms with Gasteiger partial charge in [0.05, 0.1) is 20.0 Å². The van der Waals surface area contributed by atoms with Crippen molar-refractivity contribution in [2.45, 2.75) is 11.6 Å². The van der Waals surface area contributed by atoms with E-state index in [1.807, 2.05) is 0 Å². The summed E-state index contributed by atoms with van der Waals surface area (Å²) < 4.78 is 29.0. The van der Waals surface area contributed by atoms with Crippen LogP contribution in [0.5, 0.6) is 11.5 Å². The average molecular weight is 417 g/mol. The van der Waals surface area contributed by atoms with Crippen LogP contribution in [-0.2, 0) is 11.2 Å². The zero-order valence-electron chi connectivity index (χ0n) is 16.0. The number of ether oxygens (including phenoxy) is 2. The topological polar surface area (TPSA) is 86.5 Å². The Balaban J connectivity index is 1.48. The van der Waals surface area contributed by atoms with Crippen molar-refractivity contribution in [3.05, 3.63) is 53.8 Å². The van der Waals surface area contributed by atoms with Crippen molar-refractivity contribution < 1.29 is 23.1 Å². The molecule has 0 saturated carbocycles. The van der Waals surface area contributed by atoms with Gasteiger partial charge >= 0.3 is 0 Å². The molecule has 0 saturated heterocycles. The molecule has 1 aromatic heterocycles. The molecule has 1 heterocycles. The largest absolute Gasteiger partial charge is 0.493 e. The van der Waals surface area contributed by atoms with E-state index in [0.29, 0.717) is 41.1 Å². The standard InChI is InChI=1S/C20H20FN3O4S/c1-26-16-8-5-14(11-17(16)27-2)19-23-24-20(28-19)29-12-18(25)22-10-9-13-3-6-15(21)7-4-13/h3-8,11H,9-10,12H2,1-2H3,(H,22,25). The highest BCUT2D eigenvalue weighted by molar-refractivity contribution is 7.99. The number of carbonyl (C=O) groups excluding carboxylic acids is 1. The van der Waals surface area contributed by atoms with Gasteiger partial charge in [-0.05, 0) is 42.3 Å². The van der Waals surface area contributed by atoms with Gasteiger partial charge < -0.3 is 19.2 Å². The number of carbonyl (C=O) groups is 1. The first-order valence-electron chi connectivity index (χ1n) is 8.79. The van der Waals surface area contributed by atoms with E-state index in [1.165, 1.54) is 12.1 Å². The van der Waals surface area contributed by atoms with Crippen LogP contribution in [0, 0.1) is 5.82 Å². The first-order valence-corrected chi connectivity index (χ1v) is 9.77. The predicted octanol–water partition coefficient (Wildman–Crippen LogP) is 3.34. The minimum Gasteiger partial charge on any atom is -0.493 e. The van der Waals surface area contributed by atoms with Crippen molar-refractivity contribution in [1.82, 2.24) is 15.5 Å². The maximum atomic E-state index is 12.9. The lowest BCUT2D eigenvalue weighted by molar-refractivity contribution is -0.118. The molecule has 0 aliphatic carbocycles. The maximum absolute atomic E-state index is 12.9. The molecule has 3 rings (SSSR count). The molecule has 0 aliphatic heterocycles. The first kappa shape index (κ1) is 20.7. The van der Waals surface area contributed by atoms with E-state index in [-0.39, 0.29) is 17.5 Å². The van der Waals surface area contributed by atoms with Crippen LogP contribution in [0.3, 0.4) is 0 Å². The third-order valence-electron chi connectivity index (χ3n) is 4.01. The highest BCUT2D eigenvalue weighted by Gasteiger charge is 2.13. The number of nitrogens with one attached hydrogen (secondary N) is 1. The smallest absolute Gasteiger partial charge is 0.277 e. The van der Waals surface area contributed by atoms with Crippen LogP contribution in [0.25, 0.3) is 11.5 Å². The van der Waals surface area contributed by atoms with Crippen LogP contribution in [0.15, 0.2) is 52.1 Å². The van der Waals surface area contributed by atoms with E-state index >= 15 is 0 Å². The van der Waals surface area contributed by atoms with Gasteiger partial charge in [-0.25, -0.2) is 4.39 Å². The van der Waals surface area contributed by atoms with E-state index in [0.717, 1.165) is 17.3 Å². The Morgan fingerprint density at radius 1 is 1.10 bits per heavy atom. The maximum Gasteiger partial charge on any atom is 0.277 e. The van der Waals surface area contributed by atoms with Crippen molar-refractivity contribution >= 4 is 17.7 Å². The SMILES string of the molecule is COc1ccc(-c2nnc(SCC(=O)NCCc3ccc(F)cc3)o2)cc1OC. The van der Waals surface area contributed by atoms with E-state index in [9.17, 15) is 9.18 Å². The van der Waals surface area contributed by atoms with Gasteiger partial charge in [-0.15, -0.1) is 10.2 Å². The third kappa shape index (κ3) is 5.71. The number of aromatic nitrogens is 2. The number of nitrogens with zero attached hydrogens (tertiary/aromatic N) is 2. The number of hydrogen-bond acceptors (Lipinski definition) is 7. The molecular formula is C20H20FN3O4S. The normalized spacial score (nSPS) is 10.6. The number of rotatable bonds is 9. The molecule has 152 valence electrons. The zero-order valence-corrected chi connectivity index (χ0v) is 16.8. The molecule has 0 spiro atoms. The predicted molar refractivity (Wildman–Crippen MR) is 107 cm³/mol. The number of hydrogen-bond donors (Lipinski definition) is 1. The van der Waals surface area contributed by atoms with Crippen molar-refractivity contribution in [2.24, 2.45) is 0 Å². The Bertz CT molecular complexity index is 963. The molecule has 0 fully saturated rings. The first-order chi connectivity index (χ1) is 14.1. The second kappa shape index (κ2) is 9.92. The van der Waals surface area contributed by atoms with Crippen molar-refractivity contribution in [3.63, 3.8) is 0 Å². The lowest BCUT2D eigenvalue weighted by Gasteiger charge is -2.07. The lowest BCUT2D eigenvalue weighted by Crippen LogP contribution is -2.27. The zero-order chi connectivity index (χ0) is 20.6. The highest BCUT2D eigenvalue weighted by atomic mass is 32.2. The number of halogens is 1. The van der Waals surface area contributed by atoms with Crippen molar-refractivity contribution in [3.8, 4) is 23.0 Å². The Labute approximate surface area is 171 Å². The van der Waals surface area contributed by atoms with Gasteiger partial charge in [0.25, 0.3) is 5.22 Å². The molecule has 0 bridgehead atoms. The van der Waals surface area contributed by atoms with Crippen LogP contribution in [-0.4, -0.2) is 42.6 Å². The molecule has 0 radical (unpaired) electrons. The summed E-state index contributed by atoms with van der Waals surface area (Å²) in [5.74, 6) is 1.20. The molecule has 29 heavy (non-hydrogen) atoms. The fraction of sp³-hybridized carbons (Fsp3) is 0.250. The fourth-order valence-electron chi connectivity index (χ4n) is 2.53. The molecule has 1 amide bonds. The molecule has 9 heteroatoms. The Kier molecular flexibility index (Phi) is 7.07. The molecule has 2 aromatic carbocycles. The van der Waals surface area contributed by atoms with Crippen LogP contribution in [0.4, 0.5) is 4.39 Å². The summed E-state index contributed by atoms with van der Waals surface area (Å²) in [6.45, 7) is 0.464. The van der Waals surface area contributed by atoms with Gasteiger partial charge in [0, 0.05) is 12.1 Å². The van der Waals surface area contributed by atoms with E-state index in [1.54, 1.807) is 44.6 Å². The number of benzene rings is 2. The summed E-state index contributed by atoms with van der Waals surface area (Å²) in [6.07, 6.45) is 0.626. The number of amides is 1. The monoisotopic (exact) mass is 417 g/mol. The summed E-state index contributed by atoms with van der Waals surface area (Å²) in [5, 5.41) is 11.1. The highest BCUT2D eigenvalue weighted by Crippen LogP contribution is 2.32. The number of methoxy groups -OCH3 is 2. The van der Waals surface area contributed by atoms with Gasteiger partial charge in [0.15, 0.2) is 11.5 Å². The Hall–Kier alpha value is -3.07. The minimum atomic E-state index is -0.277. The third-order valence-corrected chi connectivity index (χ3v) is 4.83. The second-order valence-electron chi connectivity index (χ2n) is 5.96. The van der Waals surface area contributed by atoms with Gasteiger partial charge in [0.2, 0.25) is 11.8 Å². The summed E-state index contributed by atoms with van der Waals surface area (Å²) >= 11 is 1.15. The van der Waals surface area contributed by atoms with Crippen molar-refractivity contribution in [2.75, 3.05) is 26.5 Å². The second-order valence-corrected chi connectivity index (χ2v) is 6.88. The van der Waals surface area contributed by atoms with Crippen LogP contribution in [0.1, 0.15) is 5.56 Å². The lowest BCUT2D eigenvalue weighted by atomic mass is 10.1.